The van der Waals surface area contributed by atoms with E-state index in [1.165, 1.54) is 18.8 Å². The van der Waals surface area contributed by atoms with E-state index in [2.05, 4.69) is 25.9 Å². The molecule has 0 radical (unpaired) electrons. The van der Waals surface area contributed by atoms with Gasteiger partial charge in [-0.05, 0) is 43.9 Å². The summed E-state index contributed by atoms with van der Waals surface area (Å²) in [7, 11) is 0. The van der Waals surface area contributed by atoms with Crippen molar-refractivity contribution in [2.45, 2.75) is 32.1 Å². The first-order valence-electron chi connectivity index (χ1n) is 6.69. The van der Waals surface area contributed by atoms with Crippen molar-refractivity contribution in [1.29, 1.82) is 0 Å². The Hall–Kier alpha value is -1.49. The Labute approximate surface area is 125 Å². The molecule has 1 heterocycles. The lowest BCUT2D eigenvalue weighted by Crippen LogP contribution is -2.02. The van der Waals surface area contributed by atoms with Crippen LogP contribution in [-0.4, -0.2) is 9.97 Å². The number of aryl methyl sites for hydroxylation is 1. The number of hydrogen-bond acceptors (Lipinski definition) is 3. The lowest BCUT2D eigenvalue weighted by molar-refractivity contribution is 0.420. The summed E-state index contributed by atoms with van der Waals surface area (Å²) >= 11 is 3.32. The Kier molecular flexibility index (Phi) is 3.96. The van der Waals surface area contributed by atoms with Crippen LogP contribution in [0.5, 0.6) is 11.6 Å². The first kappa shape index (κ1) is 13.5. The van der Waals surface area contributed by atoms with Crippen LogP contribution in [0.15, 0.2) is 29.0 Å². The van der Waals surface area contributed by atoms with Gasteiger partial charge in [0.2, 0.25) is 5.88 Å². The summed E-state index contributed by atoms with van der Waals surface area (Å²) in [5.41, 5.74) is 2.05. The summed E-state index contributed by atoms with van der Waals surface area (Å²) in [4.78, 5) is 8.51. The highest BCUT2D eigenvalue weighted by atomic mass is 79.9. The van der Waals surface area contributed by atoms with Crippen molar-refractivity contribution in [2.24, 2.45) is 0 Å². The Bertz CT molecular complexity index is 633. The summed E-state index contributed by atoms with van der Waals surface area (Å²) < 4.78 is 20.2. The number of ether oxygens (including phenoxy) is 1. The van der Waals surface area contributed by atoms with E-state index < -0.39 is 5.82 Å². The molecule has 0 N–H and O–H groups in total. The number of hydrogen-bond donors (Lipinski definition) is 0. The maximum absolute atomic E-state index is 13.8. The number of rotatable bonds is 2. The second kappa shape index (κ2) is 5.87. The fraction of sp³-hybridized carbons (Fsp3) is 0.333. The fourth-order valence-electron chi connectivity index (χ4n) is 2.42. The molecule has 104 valence electrons. The third-order valence-corrected chi connectivity index (χ3v) is 3.93. The minimum Gasteiger partial charge on any atom is -0.435 e. The normalized spacial score (nSPS) is 14.5. The zero-order chi connectivity index (χ0) is 13.9. The zero-order valence-electron chi connectivity index (χ0n) is 10.9. The van der Waals surface area contributed by atoms with Crippen LogP contribution in [0.4, 0.5) is 4.39 Å². The number of nitrogens with zero attached hydrogens (tertiary/aromatic N) is 2. The topological polar surface area (TPSA) is 35.0 Å². The smallest absolute Gasteiger partial charge is 0.225 e. The molecule has 1 aromatic heterocycles. The van der Waals surface area contributed by atoms with Gasteiger partial charge in [0.15, 0.2) is 11.6 Å². The van der Waals surface area contributed by atoms with Gasteiger partial charge in [-0.3, -0.25) is 0 Å². The summed E-state index contributed by atoms with van der Waals surface area (Å²) in [5.74, 6) is 0.271. The van der Waals surface area contributed by atoms with Crippen molar-refractivity contribution >= 4 is 15.9 Å². The lowest BCUT2D eigenvalue weighted by Gasteiger charge is -2.12. The summed E-state index contributed by atoms with van der Waals surface area (Å²) in [5, 5.41) is 0. The van der Waals surface area contributed by atoms with Crippen LogP contribution in [0.1, 0.15) is 30.5 Å². The van der Waals surface area contributed by atoms with Gasteiger partial charge >= 0.3 is 0 Å². The average molecular weight is 337 g/mol. The summed E-state index contributed by atoms with van der Waals surface area (Å²) in [6.07, 6.45) is 6.74. The molecule has 0 spiro atoms. The van der Waals surface area contributed by atoms with Gasteiger partial charge in [-0.25, -0.2) is 14.4 Å². The lowest BCUT2D eigenvalue weighted by atomic mass is 10.1. The van der Waals surface area contributed by atoms with Crippen LogP contribution in [0.3, 0.4) is 0 Å². The highest BCUT2D eigenvalue weighted by molar-refractivity contribution is 9.10. The molecule has 0 unspecified atom stereocenters. The van der Waals surface area contributed by atoms with Gasteiger partial charge in [-0.2, -0.15) is 0 Å². The molecule has 1 aromatic carbocycles. The largest absolute Gasteiger partial charge is 0.435 e. The van der Waals surface area contributed by atoms with Crippen molar-refractivity contribution in [1.82, 2.24) is 9.97 Å². The van der Waals surface area contributed by atoms with Crippen molar-refractivity contribution in [3.63, 3.8) is 0 Å². The molecule has 0 aliphatic heterocycles. The van der Waals surface area contributed by atoms with Crippen molar-refractivity contribution < 1.29 is 9.13 Å². The molecule has 1 aliphatic carbocycles. The predicted molar refractivity (Wildman–Crippen MR) is 77.5 cm³/mol. The van der Waals surface area contributed by atoms with Gasteiger partial charge < -0.3 is 4.74 Å². The van der Waals surface area contributed by atoms with Crippen LogP contribution < -0.4 is 4.74 Å². The van der Waals surface area contributed by atoms with Gasteiger partial charge in [0, 0.05) is 10.0 Å². The molecule has 0 saturated heterocycles. The van der Waals surface area contributed by atoms with E-state index >= 15 is 0 Å². The van der Waals surface area contributed by atoms with E-state index in [-0.39, 0.29) is 5.75 Å². The maximum atomic E-state index is 13.8. The molecule has 0 saturated carbocycles. The van der Waals surface area contributed by atoms with E-state index in [1.54, 1.807) is 12.1 Å². The van der Waals surface area contributed by atoms with E-state index in [0.717, 1.165) is 41.4 Å². The van der Waals surface area contributed by atoms with Crippen LogP contribution in [0.2, 0.25) is 0 Å². The Morgan fingerprint density at radius 3 is 2.85 bits per heavy atom. The molecule has 2 aromatic rings. The number of aromatic nitrogens is 2. The van der Waals surface area contributed by atoms with Gasteiger partial charge in [0.1, 0.15) is 6.33 Å². The number of fused-ring (bicyclic) bond motifs is 1. The number of halogens is 2. The van der Waals surface area contributed by atoms with Crippen molar-refractivity contribution in [3.8, 4) is 11.6 Å². The third kappa shape index (κ3) is 2.82. The molecule has 1 aliphatic rings. The van der Waals surface area contributed by atoms with Crippen LogP contribution in [0, 0.1) is 5.82 Å². The highest BCUT2D eigenvalue weighted by Gasteiger charge is 2.17. The zero-order valence-corrected chi connectivity index (χ0v) is 12.5. The first-order chi connectivity index (χ1) is 9.74. The summed E-state index contributed by atoms with van der Waals surface area (Å²) in [6.45, 7) is 0. The minimum atomic E-state index is -0.394. The van der Waals surface area contributed by atoms with Crippen LogP contribution in [0.25, 0.3) is 0 Å². The third-order valence-electron chi connectivity index (χ3n) is 3.44. The average Bonchev–Trinajstić information content (AvgIpc) is 2.69. The molecule has 5 heteroatoms. The molecule has 0 amide bonds. The Balaban J connectivity index is 1.96. The number of benzene rings is 1. The predicted octanol–water partition coefficient (Wildman–Crippen LogP) is 4.44. The molecule has 3 rings (SSSR count). The molecule has 3 nitrogen and oxygen atoms in total. The SMILES string of the molecule is Fc1ccc(Br)cc1Oc1ncnc2c1CCCCC2. The standard InChI is InChI=1S/C15H14BrFN2O/c16-10-6-7-12(17)14(8-10)20-15-11-4-2-1-3-5-13(11)18-9-19-15/h6-9H,1-5H2. The van der Waals surface area contributed by atoms with E-state index in [4.69, 9.17) is 4.74 Å². The van der Waals surface area contributed by atoms with Crippen LogP contribution >= 0.6 is 15.9 Å². The van der Waals surface area contributed by atoms with Crippen LogP contribution in [-0.2, 0) is 12.8 Å². The minimum absolute atomic E-state index is 0.185. The molecule has 20 heavy (non-hydrogen) atoms. The second-order valence-electron chi connectivity index (χ2n) is 4.84. The van der Waals surface area contributed by atoms with E-state index in [9.17, 15) is 4.39 Å². The van der Waals surface area contributed by atoms with Crippen molar-refractivity contribution in [2.75, 3.05) is 0 Å². The Morgan fingerprint density at radius 1 is 1.10 bits per heavy atom. The summed E-state index contributed by atoms with van der Waals surface area (Å²) in [6, 6.07) is 4.63. The van der Waals surface area contributed by atoms with Gasteiger partial charge in [-0.15, -0.1) is 0 Å². The quantitative estimate of drug-likeness (QED) is 0.760. The van der Waals surface area contributed by atoms with Gasteiger partial charge in [-0.1, -0.05) is 22.4 Å². The monoisotopic (exact) mass is 336 g/mol. The second-order valence-corrected chi connectivity index (χ2v) is 5.76. The van der Waals surface area contributed by atoms with Gasteiger partial charge in [0.05, 0.1) is 5.69 Å². The molecule has 0 bridgehead atoms. The van der Waals surface area contributed by atoms with Crippen molar-refractivity contribution in [3.05, 3.63) is 46.1 Å². The van der Waals surface area contributed by atoms with E-state index in [1.807, 2.05) is 0 Å². The molecule has 0 atom stereocenters. The Morgan fingerprint density at radius 2 is 1.95 bits per heavy atom. The maximum Gasteiger partial charge on any atom is 0.225 e. The fourth-order valence-corrected chi connectivity index (χ4v) is 2.76. The molecular weight excluding hydrogens is 323 g/mol. The highest BCUT2D eigenvalue weighted by Crippen LogP contribution is 2.31. The van der Waals surface area contributed by atoms with E-state index in [0.29, 0.717) is 5.88 Å². The molecule has 0 fully saturated rings. The molecular formula is C15H14BrFN2O. The van der Waals surface area contributed by atoms with Gasteiger partial charge in [0.25, 0.3) is 0 Å². The first-order valence-corrected chi connectivity index (χ1v) is 7.49.